The highest BCUT2D eigenvalue weighted by atomic mass is 14.9. The Morgan fingerprint density at radius 1 is 1.31 bits per heavy atom. The largest absolute Gasteiger partial charge is 0.314 e. The molecule has 1 fully saturated rings. The SMILES string of the molecule is CC(=CCCNC1CC1)Cc1ccccc1. The number of rotatable bonds is 6. The Kier molecular flexibility index (Phi) is 4.17. The van der Waals surface area contributed by atoms with Gasteiger partial charge in [-0.2, -0.15) is 0 Å². The van der Waals surface area contributed by atoms with Gasteiger partial charge in [0, 0.05) is 6.04 Å². The molecule has 1 N–H and O–H groups in total. The molecule has 16 heavy (non-hydrogen) atoms. The molecule has 86 valence electrons. The molecule has 0 radical (unpaired) electrons. The summed E-state index contributed by atoms with van der Waals surface area (Å²) in [6.07, 6.45) is 7.38. The third-order valence-corrected chi connectivity index (χ3v) is 2.97. The normalized spacial score (nSPS) is 16.4. The lowest BCUT2D eigenvalue weighted by Crippen LogP contribution is -2.16. The topological polar surface area (TPSA) is 12.0 Å². The van der Waals surface area contributed by atoms with Gasteiger partial charge < -0.3 is 5.32 Å². The second-order valence-electron chi connectivity index (χ2n) is 4.73. The van der Waals surface area contributed by atoms with Gasteiger partial charge in [0.1, 0.15) is 0 Å². The fourth-order valence-electron chi connectivity index (χ4n) is 1.88. The van der Waals surface area contributed by atoms with E-state index in [0.29, 0.717) is 0 Å². The first-order chi connectivity index (χ1) is 7.84. The summed E-state index contributed by atoms with van der Waals surface area (Å²) in [7, 11) is 0. The minimum atomic E-state index is 0.836. The van der Waals surface area contributed by atoms with Crippen molar-refractivity contribution in [2.24, 2.45) is 0 Å². The van der Waals surface area contributed by atoms with Crippen molar-refractivity contribution in [3.63, 3.8) is 0 Å². The average Bonchev–Trinajstić information content (AvgIpc) is 3.10. The second kappa shape index (κ2) is 5.86. The van der Waals surface area contributed by atoms with Crippen LogP contribution in [0, 0.1) is 0 Å². The van der Waals surface area contributed by atoms with Crippen LogP contribution in [0.25, 0.3) is 0 Å². The average molecular weight is 215 g/mol. The highest BCUT2D eigenvalue weighted by Gasteiger charge is 2.19. The van der Waals surface area contributed by atoms with E-state index in [1.165, 1.54) is 24.0 Å². The molecular formula is C15H21N. The number of nitrogens with one attached hydrogen (secondary N) is 1. The van der Waals surface area contributed by atoms with Crippen LogP contribution in [0.2, 0.25) is 0 Å². The van der Waals surface area contributed by atoms with Crippen LogP contribution in [0.15, 0.2) is 42.0 Å². The zero-order chi connectivity index (χ0) is 11.2. The highest BCUT2D eigenvalue weighted by Crippen LogP contribution is 2.18. The smallest absolute Gasteiger partial charge is 0.00683 e. The molecule has 1 heteroatoms. The van der Waals surface area contributed by atoms with E-state index in [9.17, 15) is 0 Å². The van der Waals surface area contributed by atoms with Crippen LogP contribution in [0.4, 0.5) is 0 Å². The molecule has 0 spiro atoms. The minimum Gasteiger partial charge on any atom is -0.314 e. The van der Waals surface area contributed by atoms with Crippen LogP contribution in [-0.4, -0.2) is 12.6 Å². The quantitative estimate of drug-likeness (QED) is 0.567. The van der Waals surface area contributed by atoms with Crippen molar-refractivity contribution >= 4 is 0 Å². The third-order valence-electron chi connectivity index (χ3n) is 2.97. The minimum absolute atomic E-state index is 0.836. The first-order valence-electron chi connectivity index (χ1n) is 6.27. The van der Waals surface area contributed by atoms with Crippen LogP contribution >= 0.6 is 0 Å². The maximum absolute atomic E-state index is 3.53. The van der Waals surface area contributed by atoms with Crippen LogP contribution in [0.1, 0.15) is 31.7 Å². The summed E-state index contributed by atoms with van der Waals surface area (Å²) in [5.74, 6) is 0. The van der Waals surface area contributed by atoms with Gasteiger partial charge in [-0.05, 0) is 44.7 Å². The van der Waals surface area contributed by atoms with Crippen molar-refractivity contribution < 1.29 is 0 Å². The van der Waals surface area contributed by atoms with Gasteiger partial charge in [-0.15, -0.1) is 0 Å². The van der Waals surface area contributed by atoms with Gasteiger partial charge in [0.25, 0.3) is 0 Å². The fraction of sp³-hybridized carbons (Fsp3) is 0.467. The van der Waals surface area contributed by atoms with Crippen molar-refractivity contribution in [1.82, 2.24) is 5.32 Å². The Morgan fingerprint density at radius 3 is 2.75 bits per heavy atom. The summed E-state index contributed by atoms with van der Waals surface area (Å²) in [4.78, 5) is 0. The molecular weight excluding hydrogens is 194 g/mol. The lowest BCUT2D eigenvalue weighted by atomic mass is 10.1. The van der Waals surface area contributed by atoms with E-state index in [4.69, 9.17) is 0 Å². The summed E-state index contributed by atoms with van der Waals surface area (Å²) in [5.41, 5.74) is 2.88. The molecule has 0 bridgehead atoms. The van der Waals surface area contributed by atoms with E-state index >= 15 is 0 Å². The van der Waals surface area contributed by atoms with Crippen molar-refractivity contribution in [3.05, 3.63) is 47.5 Å². The summed E-state index contributed by atoms with van der Waals surface area (Å²) in [5, 5.41) is 3.53. The van der Waals surface area contributed by atoms with Gasteiger partial charge in [-0.3, -0.25) is 0 Å². The maximum Gasteiger partial charge on any atom is 0.00683 e. The summed E-state index contributed by atoms with van der Waals surface area (Å²) in [6.45, 7) is 3.36. The van der Waals surface area contributed by atoms with Gasteiger partial charge in [0.2, 0.25) is 0 Å². The Balaban J connectivity index is 1.69. The predicted molar refractivity (Wildman–Crippen MR) is 69.5 cm³/mol. The molecule has 0 aliphatic heterocycles. The van der Waals surface area contributed by atoms with Gasteiger partial charge in [-0.25, -0.2) is 0 Å². The van der Waals surface area contributed by atoms with Gasteiger partial charge in [-0.1, -0.05) is 42.0 Å². The molecule has 1 saturated carbocycles. The lowest BCUT2D eigenvalue weighted by molar-refractivity contribution is 0.688. The van der Waals surface area contributed by atoms with Crippen molar-refractivity contribution in [1.29, 1.82) is 0 Å². The monoisotopic (exact) mass is 215 g/mol. The van der Waals surface area contributed by atoms with Crippen LogP contribution in [0.3, 0.4) is 0 Å². The first kappa shape index (κ1) is 11.4. The summed E-state index contributed by atoms with van der Waals surface area (Å²) < 4.78 is 0. The van der Waals surface area contributed by atoms with E-state index in [1.54, 1.807) is 0 Å². The van der Waals surface area contributed by atoms with E-state index in [-0.39, 0.29) is 0 Å². The molecule has 0 aromatic heterocycles. The molecule has 1 aromatic rings. The molecule has 1 aliphatic carbocycles. The lowest BCUT2D eigenvalue weighted by Gasteiger charge is -2.03. The number of allylic oxidation sites excluding steroid dienone is 1. The first-order valence-corrected chi connectivity index (χ1v) is 6.27. The van der Waals surface area contributed by atoms with Crippen LogP contribution < -0.4 is 5.32 Å². The molecule has 0 amide bonds. The third kappa shape index (κ3) is 4.19. The number of hydrogen-bond acceptors (Lipinski definition) is 1. The van der Waals surface area contributed by atoms with Crippen LogP contribution in [0.5, 0.6) is 0 Å². The zero-order valence-electron chi connectivity index (χ0n) is 10.1. The van der Waals surface area contributed by atoms with Crippen molar-refractivity contribution in [3.8, 4) is 0 Å². The predicted octanol–water partition coefficient (Wildman–Crippen LogP) is 3.32. The van der Waals surface area contributed by atoms with E-state index < -0.39 is 0 Å². The Hall–Kier alpha value is -1.08. The van der Waals surface area contributed by atoms with Crippen molar-refractivity contribution in [2.75, 3.05) is 6.54 Å². The van der Waals surface area contributed by atoms with E-state index in [2.05, 4.69) is 48.6 Å². The van der Waals surface area contributed by atoms with Gasteiger partial charge >= 0.3 is 0 Å². The number of benzene rings is 1. The standard InChI is InChI=1S/C15H21N/c1-13(6-5-11-16-15-9-10-15)12-14-7-3-2-4-8-14/h2-4,6-8,15-16H,5,9-12H2,1H3. The molecule has 1 nitrogen and oxygen atoms in total. The molecule has 0 unspecified atom stereocenters. The fourth-order valence-corrected chi connectivity index (χ4v) is 1.88. The van der Waals surface area contributed by atoms with E-state index in [1.807, 2.05) is 0 Å². The molecule has 0 saturated heterocycles. The number of hydrogen-bond donors (Lipinski definition) is 1. The maximum atomic E-state index is 3.53. The van der Waals surface area contributed by atoms with Crippen LogP contribution in [-0.2, 0) is 6.42 Å². The molecule has 2 rings (SSSR count). The highest BCUT2D eigenvalue weighted by molar-refractivity contribution is 5.20. The summed E-state index contributed by atoms with van der Waals surface area (Å²) >= 11 is 0. The van der Waals surface area contributed by atoms with Gasteiger partial charge in [0.15, 0.2) is 0 Å². The summed E-state index contributed by atoms with van der Waals surface area (Å²) in [6, 6.07) is 11.5. The Bertz CT molecular complexity index is 336. The zero-order valence-corrected chi connectivity index (χ0v) is 10.1. The molecule has 1 aromatic carbocycles. The second-order valence-corrected chi connectivity index (χ2v) is 4.73. The van der Waals surface area contributed by atoms with Crippen molar-refractivity contribution in [2.45, 2.75) is 38.6 Å². The molecule has 0 atom stereocenters. The Labute approximate surface area is 98.6 Å². The molecule has 1 aliphatic rings. The molecule has 0 heterocycles. The van der Waals surface area contributed by atoms with E-state index in [0.717, 1.165) is 25.4 Å². The Morgan fingerprint density at radius 2 is 2.06 bits per heavy atom. The van der Waals surface area contributed by atoms with Gasteiger partial charge in [0.05, 0.1) is 0 Å².